The molecule has 0 bridgehead atoms. The van der Waals surface area contributed by atoms with E-state index < -0.39 is 0 Å². The zero-order valence-corrected chi connectivity index (χ0v) is 13.3. The second-order valence-corrected chi connectivity index (χ2v) is 5.24. The fraction of sp³-hybridized carbons (Fsp3) is 0.923. The highest BCUT2D eigenvalue weighted by Gasteiger charge is 2.25. The maximum Gasteiger partial charge on any atom is 0.237 e. The van der Waals surface area contributed by atoms with Crippen molar-refractivity contribution < 1.29 is 4.79 Å². The van der Waals surface area contributed by atoms with Gasteiger partial charge in [0.25, 0.3) is 0 Å². The minimum Gasteiger partial charge on any atom is -0.351 e. The molecule has 2 rings (SSSR count). The van der Waals surface area contributed by atoms with Gasteiger partial charge in [-0.2, -0.15) is 0 Å². The third-order valence-corrected chi connectivity index (χ3v) is 3.93. The van der Waals surface area contributed by atoms with Gasteiger partial charge in [-0.05, 0) is 45.3 Å². The molecular weight excluding hydrogens is 285 g/mol. The van der Waals surface area contributed by atoms with Crippen LogP contribution in [-0.2, 0) is 4.79 Å². The van der Waals surface area contributed by atoms with E-state index in [1.165, 1.54) is 25.8 Å². The summed E-state index contributed by atoms with van der Waals surface area (Å²) < 4.78 is 0. The molecule has 0 aromatic heterocycles. The van der Waals surface area contributed by atoms with Crippen molar-refractivity contribution in [3.63, 3.8) is 0 Å². The molecule has 2 N–H and O–H groups in total. The van der Waals surface area contributed by atoms with E-state index in [-0.39, 0.29) is 36.8 Å². The number of amides is 1. The van der Waals surface area contributed by atoms with Crippen molar-refractivity contribution in [3.05, 3.63) is 0 Å². The van der Waals surface area contributed by atoms with Crippen molar-refractivity contribution in [2.45, 2.75) is 51.1 Å². The molecule has 0 aliphatic carbocycles. The Balaban J connectivity index is 0.00000162. The van der Waals surface area contributed by atoms with Crippen LogP contribution in [0.15, 0.2) is 0 Å². The van der Waals surface area contributed by atoms with E-state index in [2.05, 4.69) is 22.5 Å². The van der Waals surface area contributed by atoms with Gasteiger partial charge in [-0.3, -0.25) is 4.79 Å². The number of carbonyl (C=O) groups is 1. The molecule has 0 aromatic rings. The van der Waals surface area contributed by atoms with E-state index in [0.717, 1.165) is 32.5 Å². The van der Waals surface area contributed by atoms with Crippen LogP contribution in [0.5, 0.6) is 0 Å². The van der Waals surface area contributed by atoms with Crippen molar-refractivity contribution in [1.82, 2.24) is 15.5 Å². The fourth-order valence-corrected chi connectivity index (χ4v) is 2.84. The topological polar surface area (TPSA) is 44.4 Å². The third-order valence-electron chi connectivity index (χ3n) is 3.93. The summed E-state index contributed by atoms with van der Waals surface area (Å²) >= 11 is 0. The van der Waals surface area contributed by atoms with Crippen molar-refractivity contribution in [1.29, 1.82) is 0 Å². The lowest BCUT2D eigenvalue weighted by Crippen LogP contribution is -2.53. The van der Waals surface area contributed by atoms with Gasteiger partial charge in [0.15, 0.2) is 0 Å². The van der Waals surface area contributed by atoms with E-state index in [0.29, 0.717) is 6.04 Å². The summed E-state index contributed by atoms with van der Waals surface area (Å²) in [6.07, 6.45) is 5.72. The number of nitrogens with one attached hydrogen (secondary N) is 2. The van der Waals surface area contributed by atoms with Gasteiger partial charge in [0.05, 0.1) is 6.04 Å². The van der Waals surface area contributed by atoms with Crippen molar-refractivity contribution in [2.24, 2.45) is 0 Å². The number of carbonyl (C=O) groups excluding carboxylic acids is 1. The molecule has 2 fully saturated rings. The van der Waals surface area contributed by atoms with Gasteiger partial charge in [0.2, 0.25) is 5.91 Å². The molecule has 19 heavy (non-hydrogen) atoms. The molecule has 0 saturated carbocycles. The summed E-state index contributed by atoms with van der Waals surface area (Å²) in [4.78, 5) is 14.5. The molecule has 2 heterocycles. The molecule has 0 spiro atoms. The molecule has 2 saturated heterocycles. The number of halogens is 2. The first-order chi connectivity index (χ1) is 8.29. The van der Waals surface area contributed by atoms with E-state index in [9.17, 15) is 4.79 Å². The molecule has 2 atom stereocenters. The molecular formula is C13H27Cl2N3O. The Hall–Kier alpha value is -0.0300. The average molecular weight is 312 g/mol. The molecule has 0 aromatic carbocycles. The maximum atomic E-state index is 12.1. The van der Waals surface area contributed by atoms with Gasteiger partial charge < -0.3 is 15.5 Å². The summed E-state index contributed by atoms with van der Waals surface area (Å²) in [5, 5.41) is 6.52. The number of likely N-dealkylation sites (tertiary alicyclic amines) is 1. The van der Waals surface area contributed by atoms with Gasteiger partial charge in [0.1, 0.15) is 0 Å². The standard InChI is InChI=1S/C13H25N3O.2ClH/c1-2-16-9-5-6-11(10-16)15-13(17)12-7-3-4-8-14-12;;/h11-12,14H,2-10H2,1H3,(H,15,17);2*1H/t11?,12-;;/m1../s1. The first-order valence-electron chi connectivity index (χ1n) is 7.05. The van der Waals surface area contributed by atoms with Gasteiger partial charge in [-0.15, -0.1) is 24.8 Å². The van der Waals surface area contributed by atoms with E-state index in [1.54, 1.807) is 0 Å². The van der Waals surface area contributed by atoms with Crippen LogP contribution in [-0.4, -0.2) is 49.1 Å². The lowest BCUT2D eigenvalue weighted by Gasteiger charge is -2.33. The Labute approximate surface area is 128 Å². The predicted octanol–water partition coefficient (Wildman–Crippen LogP) is 1.57. The number of rotatable bonds is 3. The Morgan fingerprint density at radius 3 is 2.68 bits per heavy atom. The lowest BCUT2D eigenvalue weighted by molar-refractivity contribution is -0.124. The first kappa shape index (κ1) is 19.0. The predicted molar refractivity (Wildman–Crippen MR) is 83.4 cm³/mol. The van der Waals surface area contributed by atoms with E-state index in [4.69, 9.17) is 0 Å². The van der Waals surface area contributed by atoms with E-state index >= 15 is 0 Å². The summed E-state index contributed by atoms with van der Waals surface area (Å²) in [6.45, 7) is 6.48. The summed E-state index contributed by atoms with van der Waals surface area (Å²) in [6, 6.07) is 0.417. The minimum atomic E-state index is 0. The van der Waals surface area contributed by atoms with Gasteiger partial charge in [-0.1, -0.05) is 13.3 Å². The number of likely N-dealkylation sites (N-methyl/N-ethyl adjacent to an activating group) is 1. The highest BCUT2D eigenvalue weighted by atomic mass is 35.5. The van der Waals surface area contributed by atoms with Crippen LogP contribution in [0.25, 0.3) is 0 Å². The summed E-state index contributed by atoms with van der Waals surface area (Å²) in [5.41, 5.74) is 0. The SMILES string of the molecule is CCN1CCCC(NC(=O)[C@H]2CCCCN2)C1.Cl.Cl. The highest BCUT2D eigenvalue weighted by Crippen LogP contribution is 2.11. The molecule has 2 aliphatic rings. The van der Waals surface area contributed by atoms with Crippen molar-refractivity contribution >= 4 is 30.7 Å². The van der Waals surface area contributed by atoms with Crippen LogP contribution in [0.3, 0.4) is 0 Å². The second kappa shape index (κ2) is 9.81. The lowest BCUT2D eigenvalue weighted by atomic mass is 10.0. The number of hydrogen-bond acceptors (Lipinski definition) is 3. The molecule has 4 nitrogen and oxygen atoms in total. The molecule has 2 aliphatic heterocycles. The van der Waals surface area contributed by atoms with Crippen LogP contribution in [0, 0.1) is 0 Å². The molecule has 114 valence electrons. The monoisotopic (exact) mass is 311 g/mol. The zero-order chi connectivity index (χ0) is 12.1. The smallest absolute Gasteiger partial charge is 0.237 e. The highest BCUT2D eigenvalue weighted by molar-refractivity contribution is 5.85. The number of hydrogen-bond donors (Lipinski definition) is 2. The average Bonchev–Trinajstić information content (AvgIpc) is 2.40. The fourth-order valence-electron chi connectivity index (χ4n) is 2.84. The normalized spacial score (nSPS) is 27.8. The third kappa shape index (κ3) is 5.86. The van der Waals surface area contributed by atoms with Crippen LogP contribution >= 0.6 is 24.8 Å². The first-order valence-corrected chi connectivity index (χ1v) is 7.05. The maximum absolute atomic E-state index is 12.1. The summed E-state index contributed by atoms with van der Waals surface area (Å²) in [7, 11) is 0. The zero-order valence-electron chi connectivity index (χ0n) is 11.7. The number of piperidine rings is 2. The Bertz CT molecular complexity index is 260. The van der Waals surface area contributed by atoms with Gasteiger partial charge in [0, 0.05) is 12.6 Å². The van der Waals surface area contributed by atoms with Gasteiger partial charge in [-0.25, -0.2) is 0 Å². The second-order valence-electron chi connectivity index (χ2n) is 5.24. The van der Waals surface area contributed by atoms with Crippen LogP contribution in [0.2, 0.25) is 0 Å². The van der Waals surface area contributed by atoms with Crippen LogP contribution in [0.1, 0.15) is 39.0 Å². The quantitative estimate of drug-likeness (QED) is 0.831. The van der Waals surface area contributed by atoms with Crippen molar-refractivity contribution in [2.75, 3.05) is 26.2 Å². The number of nitrogens with zero attached hydrogens (tertiary/aromatic N) is 1. The van der Waals surface area contributed by atoms with E-state index in [1.807, 2.05) is 0 Å². The minimum absolute atomic E-state index is 0. The molecule has 6 heteroatoms. The molecule has 1 unspecified atom stereocenters. The summed E-state index contributed by atoms with van der Waals surface area (Å²) in [5.74, 6) is 0.215. The Morgan fingerprint density at radius 1 is 1.26 bits per heavy atom. The van der Waals surface area contributed by atoms with Gasteiger partial charge >= 0.3 is 0 Å². The van der Waals surface area contributed by atoms with Crippen LogP contribution < -0.4 is 10.6 Å². The molecule has 0 radical (unpaired) electrons. The van der Waals surface area contributed by atoms with Crippen molar-refractivity contribution in [3.8, 4) is 0 Å². The largest absolute Gasteiger partial charge is 0.351 e. The Morgan fingerprint density at radius 2 is 2.05 bits per heavy atom. The van der Waals surface area contributed by atoms with Crippen LogP contribution in [0.4, 0.5) is 0 Å². The Kier molecular flexibility index (Phi) is 9.79. The molecule has 1 amide bonds.